The minimum absolute atomic E-state index is 0.0689. The highest BCUT2D eigenvalue weighted by Crippen LogP contribution is 2.31. The van der Waals surface area contributed by atoms with Crippen molar-refractivity contribution < 1.29 is 4.74 Å². The molecule has 1 aliphatic carbocycles. The van der Waals surface area contributed by atoms with E-state index >= 15 is 0 Å². The van der Waals surface area contributed by atoms with Crippen LogP contribution in [0.3, 0.4) is 0 Å². The van der Waals surface area contributed by atoms with Crippen molar-refractivity contribution in [2.75, 3.05) is 7.11 Å². The average Bonchev–Trinajstić information content (AvgIpc) is 2.52. The zero-order chi connectivity index (χ0) is 11.4. The van der Waals surface area contributed by atoms with Crippen LogP contribution in [-0.4, -0.2) is 7.11 Å². The minimum Gasteiger partial charge on any atom is -0.493 e. The summed E-state index contributed by atoms with van der Waals surface area (Å²) < 4.78 is 5.12. The van der Waals surface area contributed by atoms with Crippen LogP contribution in [0.2, 0.25) is 0 Å². The molecule has 0 heterocycles. The van der Waals surface area contributed by atoms with Gasteiger partial charge in [-0.2, -0.15) is 0 Å². The first-order valence-corrected chi connectivity index (χ1v) is 6.00. The fraction of sp³-hybridized carbons (Fsp3) is 0.500. The molecule has 1 fully saturated rings. The van der Waals surface area contributed by atoms with Crippen LogP contribution < -0.4 is 10.2 Å². The summed E-state index contributed by atoms with van der Waals surface area (Å²) in [5.41, 5.74) is 1.00. The second-order valence-electron chi connectivity index (χ2n) is 4.41. The summed E-state index contributed by atoms with van der Waals surface area (Å²) >= 11 is 0. The Balaban J connectivity index is 2.40. The molecule has 2 heteroatoms. The molecule has 0 unspecified atom stereocenters. The van der Waals surface area contributed by atoms with Gasteiger partial charge >= 0.3 is 0 Å². The molecular weight excluding hydrogens is 200 g/mol. The maximum atomic E-state index is 12.2. The fourth-order valence-corrected chi connectivity index (χ4v) is 2.49. The number of ether oxygens (including phenoxy) is 1. The Bertz CT molecular complexity index is 406. The molecule has 1 aliphatic rings. The maximum absolute atomic E-state index is 12.2. The normalized spacial score (nSPS) is 17.1. The molecule has 1 saturated carbocycles. The van der Waals surface area contributed by atoms with E-state index in [1.54, 1.807) is 13.2 Å². The second-order valence-corrected chi connectivity index (χ2v) is 4.41. The molecule has 86 valence electrons. The fourth-order valence-electron chi connectivity index (χ4n) is 2.49. The van der Waals surface area contributed by atoms with Crippen LogP contribution in [-0.2, 0) is 0 Å². The molecular formula is C14H18O2. The number of hydrogen-bond acceptors (Lipinski definition) is 2. The minimum atomic E-state index is 0.0689. The zero-order valence-corrected chi connectivity index (χ0v) is 9.74. The van der Waals surface area contributed by atoms with Crippen LogP contribution in [0.1, 0.15) is 43.6 Å². The molecule has 2 nitrogen and oxygen atoms in total. The van der Waals surface area contributed by atoms with Crippen molar-refractivity contribution in [3.8, 4) is 5.75 Å². The third kappa shape index (κ3) is 2.26. The zero-order valence-electron chi connectivity index (χ0n) is 9.74. The van der Waals surface area contributed by atoms with Crippen LogP contribution in [0.4, 0.5) is 0 Å². The smallest absolute Gasteiger partial charge is 0.223 e. The Morgan fingerprint density at radius 2 is 1.81 bits per heavy atom. The Morgan fingerprint density at radius 3 is 2.50 bits per heavy atom. The summed E-state index contributed by atoms with van der Waals surface area (Å²) in [7, 11) is 1.56. The van der Waals surface area contributed by atoms with Gasteiger partial charge in [0, 0.05) is 5.56 Å². The van der Waals surface area contributed by atoms with Crippen LogP contribution in [0.15, 0.2) is 29.1 Å². The molecule has 1 aromatic rings. The van der Waals surface area contributed by atoms with Gasteiger partial charge in [-0.15, -0.1) is 0 Å². The van der Waals surface area contributed by atoms with E-state index in [-0.39, 0.29) is 5.43 Å². The van der Waals surface area contributed by atoms with Crippen LogP contribution in [0.5, 0.6) is 5.75 Å². The lowest BCUT2D eigenvalue weighted by Crippen LogP contribution is -2.15. The largest absolute Gasteiger partial charge is 0.493 e. The molecule has 0 saturated heterocycles. The standard InChI is InChI=1S/C14H18O2/c1-16-13-10-6-5-9-12(14(13)15)11-7-3-2-4-8-11/h5-6,9-11H,2-4,7-8H2,1H3. The van der Waals surface area contributed by atoms with Gasteiger partial charge in [-0.05, 0) is 24.8 Å². The van der Waals surface area contributed by atoms with Crippen LogP contribution >= 0.6 is 0 Å². The monoisotopic (exact) mass is 218 g/mol. The van der Waals surface area contributed by atoms with Gasteiger partial charge in [-0.25, -0.2) is 0 Å². The van der Waals surface area contributed by atoms with E-state index in [1.807, 2.05) is 18.2 Å². The first kappa shape index (κ1) is 11.2. The molecule has 0 bridgehead atoms. The van der Waals surface area contributed by atoms with E-state index < -0.39 is 0 Å². The van der Waals surface area contributed by atoms with E-state index in [0.717, 1.165) is 18.4 Å². The molecule has 2 rings (SSSR count). The van der Waals surface area contributed by atoms with Gasteiger partial charge < -0.3 is 4.74 Å². The first-order valence-electron chi connectivity index (χ1n) is 6.00. The number of rotatable bonds is 2. The summed E-state index contributed by atoms with van der Waals surface area (Å²) in [4.78, 5) is 12.2. The van der Waals surface area contributed by atoms with E-state index in [9.17, 15) is 4.79 Å². The van der Waals surface area contributed by atoms with Gasteiger partial charge in [-0.1, -0.05) is 37.5 Å². The molecule has 0 N–H and O–H groups in total. The third-order valence-electron chi connectivity index (χ3n) is 3.39. The van der Waals surface area contributed by atoms with Gasteiger partial charge in [0.25, 0.3) is 0 Å². The predicted molar refractivity (Wildman–Crippen MR) is 65.1 cm³/mol. The molecule has 0 spiro atoms. The molecule has 0 aromatic heterocycles. The number of hydrogen-bond donors (Lipinski definition) is 0. The maximum Gasteiger partial charge on any atom is 0.223 e. The molecule has 1 aromatic carbocycles. The lowest BCUT2D eigenvalue weighted by molar-refractivity contribution is 0.406. The number of methoxy groups -OCH3 is 1. The summed E-state index contributed by atoms with van der Waals surface area (Å²) in [6.45, 7) is 0. The van der Waals surface area contributed by atoms with Crippen molar-refractivity contribution in [3.05, 3.63) is 40.1 Å². The van der Waals surface area contributed by atoms with Crippen LogP contribution in [0, 0.1) is 0 Å². The molecule has 0 radical (unpaired) electrons. The lowest BCUT2D eigenvalue weighted by atomic mass is 9.84. The van der Waals surface area contributed by atoms with Crippen LogP contribution in [0.25, 0.3) is 0 Å². The predicted octanol–water partition coefficient (Wildman–Crippen LogP) is 3.10. The van der Waals surface area contributed by atoms with Gasteiger partial charge in [0.05, 0.1) is 7.11 Å². The van der Waals surface area contributed by atoms with Crippen molar-refractivity contribution in [2.24, 2.45) is 0 Å². The van der Waals surface area contributed by atoms with Crippen molar-refractivity contribution in [1.29, 1.82) is 0 Å². The van der Waals surface area contributed by atoms with Gasteiger partial charge in [0.15, 0.2) is 5.75 Å². The average molecular weight is 218 g/mol. The third-order valence-corrected chi connectivity index (χ3v) is 3.39. The van der Waals surface area contributed by atoms with Crippen molar-refractivity contribution in [2.45, 2.75) is 38.0 Å². The van der Waals surface area contributed by atoms with Crippen molar-refractivity contribution in [1.82, 2.24) is 0 Å². The quantitative estimate of drug-likeness (QED) is 0.762. The molecule has 16 heavy (non-hydrogen) atoms. The van der Waals surface area contributed by atoms with E-state index in [2.05, 4.69) is 0 Å². The molecule has 0 amide bonds. The van der Waals surface area contributed by atoms with E-state index in [0.29, 0.717) is 11.7 Å². The summed E-state index contributed by atoms with van der Waals surface area (Å²) in [5, 5.41) is 0. The first-order chi connectivity index (χ1) is 7.83. The van der Waals surface area contributed by atoms with Gasteiger partial charge in [0.2, 0.25) is 5.43 Å². The van der Waals surface area contributed by atoms with E-state index in [1.165, 1.54) is 19.3 Å². The van der Waals surface area contributed by atoms with Gasteiger partial charge in [0.1, 0.15) is 0 Å². The topological polar surface area (TPSA) is 26.3 Å². The highest BCUT2D eigenvalue weighted by atomic mass is 16.5. The molecule has 0 atom stereocenters. The summed E-state index contributed by atoms with van der Waals surface area (Å²) in [6.07, 6.45) is 6.07. The molecule has 0 aliphatic heterocycles. The Morgan fingerprint density at radius 1 is 1.12 bits per heavy atom. The Hall–Kier alpha value is -1.31. The Labute approximate surface area is 96.3 Å². The van der Waals surface area contributed by atoms with Gasteiger partial charge in [-0.3, -0.25) is 4.79 Å². The van der Waals surface area contributed by atoms with E-state index in [4.69, 9.17) is 4.74 Å². The van der Waals surface area contributed by atoms with Crippen molar-refractivity contribution >= 4 is 0 Å². The lowest BCUT2D eigenvalue weighted by Gasteiger charge is -2.20. The Kier molecular flexibility index (Phi) is 3.60. The van der Waals surface area contributed by atoms with Crippen molar-refractivity contribution in [3.63, 3.8) is 0 Å². The summed E-state index contributed by atoms with van der Waals surface area (Å²) in [5.74, 6) is 0.896. The highest BCUT2D eigenvalue weighted by molar-refractivity contribution is 5.29. The highest BCUT2D eigenvalue weighted by Gasteiger charge is 2.18. The summed E-state index contributed by atoms with van der Waals surface area (Å²) in [6, 6.07) is 7.51. The SMILES string of the molecule is COc1ccccc(C2CCCCC2)c1=O. The second kappa shape index (κ2) is 5.15.